The van der Waals surface area contributed by atoms with Gasteiger partial charge in [0.15, 0.2) is 0 Å². The van der Waals surface area contributed by atoms with Crippen molar-refractivity contribution in [2.45, 2.75) is 20.8 Å². The van der Waals surface area contributed by atoms with Crippen LogP contribution in [0, 0.1) is 20.8 Å². The van der Waals surface area contributed by atoms with Crippen molar-refractivity contribution in [2.75, 3.05) is 5.32 Å². The van der Waals surface area contributed by atoms with Gasteiger partial charge in [-0.3, -0.25) is 0 Å². The summed E-state index contributed by atoms with van der Waals surface area (Å²) in [6, 6.07) is 12.3. The van der Waals surface area contributed by atoms with Gasteiger partial charge in [-0.15, -0.1) is 0 Å². The summed E-state index contributed by atoms with van der Waals surface area (Å²) in [5.74, 6) is 0.785. The van der Waals surface area contributed by atoms with E-state index in [0.717, 1.165) is 22.7 Å². The van der Waals surface area contributed by atoms with Gasteiger partial charge in [0.05, 0.1) is 11.0 Å². The zero-order valence-corrected chi connectivity index (χ0v) is 11.4. The second kappa shape index (κ2) is 4.43. The van der Waals surface area contributed by atoms with Crippen LogP contribution in [0.3, 0.4) is 0 Å². The van der Waals surface area contributed by atoms with E-state index >= 15 is 0 Å². The number of imidazole rings is 1. The highest BCUT2D eigenvalue weighted by atomic mass is 15.1. The van der Waals surface area contributed by atoms with Crippen LogP contribution in [-0.4, -0.2) is 9.97 Å². The number of rotatable bonds is 2. The topological polar surface area (TPSA) is 40.7 Å². The van der Waals surface area contributed by atoms with Crippen LogP contribution in [0.1, 0.15) is 16.7 Å². The van der Waals surface area contributed by atoms with E-state index in [2.05, 4.69) is 48.2 Å². The second-order valence-electron chi connectivity index (χ2n) is 4.91. The lowest BCUT2D eigenvalue weighted by atomic mass is 10.0. The number of fused-ring (bicyclic) bond motifs is 1. The van der Waals surface area contributed by atoms with E-state index in [-0.39, 0.29) is 0 Å². The summed E-state index contributed by atoms with van der Waals surface area (Å²) in [7, 11) is 0. The highest BCUT2D eigenvalue weighted by molar-refractivity contribution is 5.78. The van der Waals surface area contributed by atoms with Crippen molar-refractivity contribution >= 4 is 22.7 Å². The van der Waals surface area contributed by atoms with Gasteiger partial charge in [-0.1, -0.05) is 18.2 Å². The lowest BCUT2D eigenvalue weighted by Gasteiger charge is -2.11. The molecule has 0 atom stereocenters. The summed E-state index contributed by atoms with van der Waals surface area (Å²) in [5, 5.41) is 3.36. The molecule has 0 fully saturated rings. The Morgan fingerprint density at radius 3 is 2.53 bits per heavy atom. The first kappa shape index (κ1) is 11.8. The molecule has 0 bridgehead atoms. The predicted molar refractivity (Wildman–Crippen MR) is 80.0 cm³/mol. The first-order valence-corrected chi connectivity index (χ1v) is 6.44. The van der Waals surface area contributed by atoms with Crippen LogP contribution in [0.15, 0.2) is 36.4 Å². The minimum absolute atomic E-state index is 0.785. The van der Waals surface area contributed by atoms with E-state index in [0.29, 0.717) is 0 Å². The summed E-state index contributed by atoms with van der Waals surface area (Å²) in [5.41, 5.74) is 7.02. The summed E-state index contributed by atoms with van der Waals surface area (Å²) < 4.78 is 0. The van der Waals surface area contributed by atoms with Crippen LogP contribution in [0.2, 0.25) is 0 Å². The Balaban J connectivity index is 1.99. The van der Waals surface area contributed by atoms with Crippen molar-refractivity contribution in [3.05, 3.63) is 53.1 Å². The number of benzene rings is 2. The van der Waals surface area contributed by atoms with Gasteiger partial charge in [0.25, 0.3) is 0 Å². The molecular formula is C16H17N3. The molecule has 19 heavy (non-hydrogen) atoms. The molecule has 0 aliphatic carbocycles. The van der Waals surface area contributed by atoms with Gasteiger partial charge in [-0.05, 0) is 55.7 Å². The van der Waals surface area contributed by atoms with E-state index in [1.165, 1.54) is 16.7 Å². The molecule has 1 aromatic heterocycles. The summed E-state index contributed by atoms with van der Waals surface area (Å²) >= 11 is 0. The molecule has 0 aliphatic rings. The van der Waals surface area contributed by atoms with Crippen molar-refractivity contribution in [2.24, 2.45) is 0 Å². The third-order valence-corrected chi connectivity index (χ3v) is 3.70. The van der Waals surface area contributed by atoms with Crippen molar-refractivity contribution in [1.82, 2.24) is 9.97 Å². The van der Waals surface area contributed by atoms with E-state index in [1.807, 2.05) is 24.3 Å². The molecule has 0 saturated carbocycles. The van der Waals surface area contributed by atoms with Crippen LogP contribution in [0.5, 0.6) is 0 Å². The quantitative estimate of drug-likeness (QED) is 0.715. The smallest absolute Gasteiger partial charge is 0.205 e. The van der Waals surface area contributed by atoms with E-state index in [9.17, 15) is 0 Å². The van der Waals surface area contributed by atoms with Gasteiger partial charge < -0.3 is 10.3 Å². The number of H-pyrrole nitrogens is 1. The average Bonchev–Trinajstić information content (AvgIpc) is 2.82. The Morgan fingerprint density at radius 2 is 1.74 bits per heavy atom. The summed E-state index contributed by atoms with van der Waals surface area (Å²) in [4.78, 5) is 7.82. The number of aryl methyl sites for hydroxylation is 1. The molecule has 0 amide bonds. The number of hydrogen-bond donors (Lipinski definition) is 2. The Morgan fingerprint density at radius 1 is 0.947 bits per heavy atom. The zero-order chi connectivity index (χ0) is 13.4. The number of nitrogens with zero attached hydrogens (tertiary/aromatic N) is 1. The third kappa shape index (κ3) is 2.08. The van der Waals surface area contributed by atoms with Gasteiger partial charge in [-0.2, -0.15) is 0 Å². The number of aromatic amines is 1. The Hall–Kier alpha value is -2.29. The van der Waals surface area contributed by atoms with Gasteiger partial charge >= 0.3 is 0 Å². The molecule has 0 saturated heterocycles. The SMILES string of the molecule is Cc1ccc(Nc2nc3ccccc3[nH]2)c(C)c1C. The zero-order valence-electron chi connectivity index (χ0n) is 11.4. The van der Waals surface area contributed by atoms with Crippen LogP contribution in [0.4, 0.5) is 11.6 Å². The monoisotopic (exact) mass is 251 g/mol. The van der Waals surface area contributed by atoms with Crippen molar-refractivity contribution < 1.29 is 0 Å². The first-order valence-electron chi connectivity index (χ1n) is 6.44. The highest BCUT2D eigenvalue weighted by Gasteiger charge is 2.06. The lowest BCUT2D eigenvalue weighted by Crippen LogP contribution is -1.97. The van der Waals surface area contributed by atoms with Crippen LogP contribution in [-0.2, 0) is 0 Å². The van der Waals surface area contributed by atoms with Crippen molar-refractivity contribution in [3.8, 4) is 0 Å². The van der Waals surface area contributed by atoms with Gasteiger partial charge in [-0.25, -0.2) is 4.98 Å². The molecular weight excluding hydrogens is 234 g/mol. The lowest BCUT2D eigenvalue weighted by molar-refractivity contribution is 1.24. The van der Waals surface area contributed by atoms with E-state index in [1.54, 1.807) is 0 Å². The molecule has 3 heteroatoms. The van der Waals surface area contributed by atoms with Gasteiger partial charge in [0.2, 0.25) is 5.95 Å². The third-order valence-electron chi connectivity index (χ3n) is 3.70. The number of nitrogens with one attached hydrogen (secondary N) is 2. The van der Waals surface area contributed by atoms with Crippen LogP contribution in [0.25, 0.3) is 11.0 Å². The van der Waals surface area contributed by atoms with Crippen molar-refractivity contribution in [3.63, 3.8) is 0 Å². The molecule has 96 valence electrons. The first-order chi connectivity index (χ1) is 9.15. The molecule has 3 aromatic rings. The maximum atomic E-state index is 4.53. The fourth-order valence-electron chi connectivity index (χ4n) is 2.23. The Kier molecular flexibility index (Phi) is 2.75. The second-order valence-corrected chi connectivity index (χ2v) is 4.91. The number of aromatic nitrogens is 2. The molecule has 1 heterocycles. The average molecular weight is 251 g/mol. The molecule has 3 rings (SSSR count). The molecule has 2 N–H and O–H groups in total. The van der Waals surface area contributed by atoms with E-state index in [4.69, 9.17) is 0 Å². The molecule has 2 aromatic carbocycles. The standard InChI is InChI=1S/C16H17N3/c1-10-8-9-13(12(3)11(10)2)17-16-18-14-6-4-5-7-15(14)19-16/h4-9H,1-3H3,(H2,17,18,19). The molecule has 0 spiro atoms. The van der Waals surface area contributed by atoms with Gasteiger partial charge in [0.1, 0.15) is 0 Å². The van der Waals surface area contributed by atoms with Crippen LogP contribution >= 0.6 is 0 Å². The normalized spacial score (nSPS) is 10.9. The number of para-hydroxylation sites is 2. The minimum Gasteiger partial charge on any atom is -0.326 e. The van der Waals surface area contributed by atoms with Crippen LogP contribution < -0.4 is 5.32 Å². The number of hydrogen-bond acceptors (Lipinski definition) is 2. The summed E-state index contributed by atoms with van der Waals surface area (Å²) in [6.45, 7) is 6.41. The van der Waals surface area contributed by atoms with E-state index < -0.39 is 0 Å². The van der Waals surface area contributed by atoms with Gasteiger partial charge in [0, 0.05) is 5.69 Å². The number of anilines is 2. The Labute approximate surface area is 112 Å². The fraction of sp³-hybridized carbons (Fsp3) is 0.188. The highest BCUT2D eigenvalue weighted by Crippen LogP contribution is 2.25. The molecule has 0 unspecified atom stereocenters. The maximum absolute atomic E-state index is 4.53. The molecule has 0 radical (unpaired) electrons. The predicted octanol–water partition coefficient (Wildman–Crippen LogP) is 4.23. The largest absolute Gasteiger partial charge is 0.326 e. The Bertz CT molecular complexity index is 708. The minimum atomic E-state index is 0.785. The van der Waals surface area contributed by atoms with Crippen molar-refractivity contribution in [1.29, 1.82) is 0 Å². The maximum Gasteiger partial charge on any atom is 0.205 e. The molecule has 0 aliphatic heterocycles. The fourth-order valence-corrected chi connectivity index (χ4v) is 2.23. The molecule has 3 nitrogen and oxygen atoms in total. The summed E-state index contributed by atoms with van der Waals surface area (Å²) in [6.07, 6.45) is 0.